The van der Waals surface area contributed by atoms with Gasteiger partial charge in [-0.05, 0) is 30.7 Å². The van der Waals surface area contributed by atoms with Crippen LogP contribution in [-0.2, 0) is 4.74 Å². The van der Waals surface area contributed by atoms with Crippen molar-refractivity contribution in [2.75, 3.05) is 13.1 Å². The van der Waals surface area contributed by atoms with Crippen molar-refractivity contribution in [3.63, 3.8) is 0 Å². The second-order valence-corrected chi connectivity index (χ2v) is 5.23. The van der Waals surface area contributed by atoms with Gasteiger partial charge in [-0.25, -0.2) is 0 Å². The Morgan fingerprint density at radius 1 is 1.25 bits per heavy atom. The van der Waals surface area contributed by atoms with Gasteiger partial charge in [-0.3, -0.25) is 0 Å². The standard InChI is InChI=1S/C12H13Cl2NO/c13-9-2-1-7(5-10(9)14)8-6-15-4-3-11-12(8)16-11/h1-2,5,8,11-12,15H,3-4,6H2. The van der Waals surface area contributed by atoms with Crippen molar-refractivity contribution in [1.82, 2.24) is 5.32 Å². The summed E-state index contributed by atoms with van der Waals surface area (Å²) < 4.78 is 5.68. The molecule has 2 aliphatic rings. The van der Waals surface area contributed by atoms with E-state index in [-0.39, 0.29) is 0 Å². The van der Waals surface area contributed by atoms with Crippen LogP contribution < -0.4 is 5.32 Å². The van der Waals surface area contributed by atoms with E-state index in [1.165, 1.54) is 5.56 Å². The van der Waals surface area contributed by atoms with E-state index in [1.54, 1.807) is 0 Å². The van der Waals surface area contributed by atoms with Gasteiger partial charge in [0.2, 0.25) is 0 Å². The molecule has 3 atom stereocenters. The van der Waals surface area contributed by atoms with Gasteiger partial charge in [0.1, 0.15) is 0 Å². The minimum atomic E-state index is 0.368. The smallest absolute Gasteiger partial charge is 0.0922 e. The van der Waals surface area contributed by atoms with Crippen molar-refractivity contribution >= 4 is 23.2 Å². The fraction of sp³-hybridized carbons (Fsp3) is 0.500. The zero-order valence-electron chi connectivity index (χ0n) is 8.75. The van der Waals surface area contributed by atoms with Crippen LogP contribution >= 0.6 is 23.2 Å². The molecule has 2 nitrogen and oxygen atoms in total. The SMILES string of the molecule is Clc1ccc(C2CNCCC3OC32)cc1Cl. The summed E-state index contributed by atoms with van der Waals surface area (Å²) in [7, 11) is 0. The van der Waals surface area contributed by atoms with Crippen molar-refractivity contribution in [1.29, 1.82) is 0 Å². The Labute approximate surface area is 105 Å². The minimum Gasteiger partial charge on any atom is -0.369 e. The number of epoxide rings is 1. The maximum atomic E-state index is 6.04. The first-order valence-electron chi connectivity index (χ1n) is 5.57. The summed E-state index contributed by atoms with van der Waals surface area (Å²) in [5, 5.41) is 4.67. The second-order valence-electron chi connectivity index (χ2n) is 4.41. The van der Waals surface area contributed by atoms with Crippen LogP contribution in [0.2, 0.25) is 10.0 Å². The Morgan fingerprint density at radius 3 is 2.94 bits per heavy atom. The number of rotatable bonds is 1. The van der Waals surface area contributed by atoms with Gasteiger partial charge in [-0.2, -0.15) is 0 Å². The van der Waals surface area contributed by atoms with E-state index in [0.717, 1.165) is 19.5 Å². The molecular weight excluding hydrogens is 245 g/mol. The molecule has 0 saturated carbocycles. The molecule has 1 aromatic rings. The fourth-order valence-electron chi connectivity index (χ4n) is 2.41. The van der Waals surface area contributed by atoms with Gasteiger partial charge in [-0.1, -0.05) is 29.3 Å². The lowest BCUT2D eigenvalue weighted by Crippen LogP contribution is -2.23. The molecule has 4 heteroatoms. The summed E-state index contributed by atoms with van der Waals surface area (Å²) in [6.45, 7) is 2.00. The van der Waals surface area contributed by atoms with Crippen molar-refractivity contribution in [3.05, 3.63) is 33.8 Å². The van der Waals surface area contributed by atoms with Crippen LogP contribution in [0.1, 0.15) is 17.9 Å². The highest BCUT2D eigenvalue weighted by atomic mass is 35.5. The van der Waals surface area contributed by atoms with Gasteiger partial charge in [0.05, 0.1) is 22.3 Å². The molecule has 3 unspecified atom stereocenters. The van der Waals surface area contributed by atoms with E-state index in [2.05, 4.69) is 5.32 Å². The maximum Gasteiger partial charge on any atom is 0.0922 e. The molecule has 2 heterocycles. The number of halogens is 2. The van der Waals surface area contributed by atoms with Crippen molar-refractivity contribution < 1.29 is 4.74 Å². The Morgan fingerprint density at radius 2 is 2.12 bits per heavy atom. The van der Waals surface area contributed by atoms with E-state index < -0.39 is 0 Å². The van der Waals surface area contributed by atoms with Gasteiger partial charge in [0.15, 0.2) is 0 Å². The Hall–Kier alpha value is -0.280. The molecule has 0 spiro atoms. The predicted molar refractivity (Wildman–Crippen MR) is 65.4 cm³/mol. The van der Waals surface area contributed by atoms with Gasteiger partial charge in [0, 0.05) is 12.5 Å². The zero-order chi connectivity index (χ0) is 11.1. The summed E-state index contributed by atoms with van der Waals surface area (Å²) in [5.74, 6) is 0.405. The average molecular weight is 258 g/mol. The number of nitrogens with one attached hydrogen (secondary N) is 1. The van der Waals surface area contributed by atoms with E-state index in [0.29, 0.717) is 28.2 Å². The number of hydrogen-bond donors (Lipinski definition) is 1. The fourth-order valence-corrected chi connectivity index (χ4v) is 2.72. The molecular formula is C12H13Cl2NO. The number of ether oxygens (including phenoxy) is 1. The van der Waals surface area contributed by atoms with Crippen molar-refractivity contribution in [2.24, 2.45) is 0 Å². The molecule has 0 amide bonds. The summed E-state index contributed by atoms with van der Waals surface area (Å²) in [4.78, 5) is 0. The molecule has 0 bridgehead atoms. The Bertz CT molecular complexity index is 410. The van der Waals surface area contributed by atoms with Crippen LogP contribution in [0.4, 0.5) is 0 Å². The van der Waals surface area contributed by atoms with E-state index >= 15 is 0 Å². The topological polar surface area (TPSA) is 24.6 Å². The largest absolute Gasteiger partial charge is 0.369 e. The molecule has 16 heavy (non-hydrogen) atoms. The maximum absolute atomic E-state index is 6.04. The summed E-state index contributed by atoms with van der Waals surface area (Å²) in [5.41, 5.74) is 1.22. The summed E-state index contributed by atoms with van der Waals surface area (Å²) in [6.07, 6.45) is 1.92. The Kier molecular flexibility index (Phi) is 2.84. The Balaban J connectivity index is 1.87. The van der Waals surface area contributed by atoms with Gasteiger partial charge in [0.25, 0.3) is 0 Å². The first-order valence-corrected chi connectivity index (χ1v) is 6.32. The summed E-state index contributed by atoms with van der Waals surface area (Å²) in [6, 6.07) is 5.87. The third kappa shape index (κ3) is 1.95. The van der Waals surface area contributed by atoms with E-state index in [4.69, 9.17) is 27.9 Å². The lowest BCUT2D eigenvalue weighted by molar-refractivity contribution is 0.323. The molecule has 2 saturated heterocycles. The third-order valence-electron chi connectivity index (χ3n) is 3.36. The number of benzene rings is 1. The average Bonchev–Trinajstić information content (AvgIpc) is 3.01. The molecule has 2 fully saturated rings. The number of hydrogen-bond acceptors (Lipinski definition) is 2. The van der Waals surface area contributed by atoms with Gasteiger partial charge < -0.3 is 10.1 Å². The minimum absolute atomic E-state index is 0.368. The molecule has 0 aromatic heterocycles. The highest BCUT2D eigenvalue weighted by molar-refractivity contribution is 6.42. The monoisotopic (exact) mass is 257 g/mol. The highest BCUT2D eigenvalue weighted by Crippen LogP contribution is 2.40. The van der Waals surface area contributed by atoms with Crippen molar-refractivity contribution in [3.8, 4) is 0 Å². The van der Waals surface area contributed by atoms with Crippen LogP contribution in [0.15, 0.2) is 18.2 Å². The van der Waals surface area contributed by atoms with Crippen LogP contribution in [0.5, 0.6) is 0 Å². The van der Waals surface area contributed by atoms with Gasteiger partial charge in [-0.15, -0.1) is 0 Å². The molecule has 1 aromatic carbocycles. The first kappa shape index (κ1) is 10.8. The normalized spacial score (nSPS) is 33.0. The molecule has 2 aliphatic heterocycles. The zero-order valence-corrected chi connectivity index (χ0v) is 10.3. The summed E-state index contributed by atoms with van der Waals surface area (Å²) >= 11 is 12.0. The lowest BCUT2D eigenvalue weighted by Gasteiger charge is -2.15. The van der Waals surface area contributed by atoms with Gasteiger partial charge >= 0.3 is 0 Å². The lowest BCUT2D eigenvalue weighted by atomic mass is 9.94. The van der Waals surface area contributed by atoms with Crippen LogP contribution in [0.25, 0.3) is 0 Å². The molecule has 0 aliphatic carbocycles. The second kappa shape index (κ2) is 4.19. The van der Waals surface area contributed by atoms with E-state index in [1.807, 2.05) is 18.2 Å². The quantitative estimate of drug-likeness (QED) is 0.783. The van der Waals surface area contributed by atoms with Crippen LogP contribution in [-0.4, -0.2) is 25.3 Å². The highest BCUT2D eigenvalue weighted by Gasteiger charge is 2.46. The molecule has 86 valence electrons. The molecule has 1 N–H and O–H groups in total. The van der Waals surface area contributed by atoms with E-state index in [9.17, 15) is 0 Å². The first-order chi connectivity index (χ1) is 7.75. The third-order valence-corrected chi connectivity index (χ3v) is 4.10. The predicted octanol–water partition coefficient (Wildman–Crippen LogP) is 2.84. The molecule has 0 radical (unpaired) electrons. The van der Waals surface area contributed by atoms with Crippen LogP contribution in [0, 0.1) is 0 Å². The van der Waals surface area contributed by atoms with Crippen molar-refractivity contribution in [2.45, 2.75) is 24.5 Å². The molecule has 3 rings (SSSR count). The number of fused-ring (bicyclic) bond motifs is 1. The van der Waals surface area contributed by atoms with Crippen LogP contribution in [0.3, 0.4) is 0 Å².